The number of nitrogens with one attached hydrogen (secondary N) is 1. The SMILES string of the molecule is Clc1cnc(Cc2ccc([C@H]3CNCCO3)cc2)nc1. The van der Waals surface area contributed by atoms with E-state index in [1.807, 2.05) is 0 Å². The molecule has 4 nitrogen and oxygen atoms in total. The number of morpholine rings is 1. The van der Waals surface area contributed by atoms with Crippen LogP contribution < -0.4 is 5.32 Å². The van der Waals surface area contributed by atoms with E-state index >= 15 is 0 Å². The lowest BCUT2D eigenvalue weighted by atomic mass is 10.0. The normalized spacial score (nSPS) is 18.9. The highest BCUT2D eigenvalue weighted by Gasteiger charge is 2.15. The van der Waals surface area contributed by atoms with E-state index in [-0.39, 0.29) is 6.10 Å². The molecule has 104 valence electrons. The Bertz CT molecular complexity index is 550. The van der Waals surface area contributed by atoms with Crippen molar-refractivity contribution in [3.63, 3.8) is 0 Å². The first kappa shape index (κ1) is 13.5. The molecule has 5 heteroatoms. The molecule has 0 radical (unpaired) electrons. The zero-order chi connectivity index (χ0) is 13.8. The summed E-state index contributed by atoms with van der Waals surface area (Å²) in [4.78, 5) is 8.42. The maximum Gasteiger partial charge on any atom is 0.132 e. The van der Waals surface area contributed by atoms with Gasteiger partial charge in [0.2, 0.25) is 0 Å². The van der Waals surface area contributed by atoms with Crippen molar-refractivity contribution >= 4 is 11.6 Å². The van der Waals surface area contributed by atoms with E-state index in [0.717, 1.165) is 25.5 Å². The van der Waals surface area contributed by atoms with Crippen LogP contribution in [0.5, 0.6) is 0 Å². The standard InChI is InChI=1S/C15H16ClN3O/c16-13-8-18-15(19-9-13)7-11-1-3-12(4-2-11)14-10-17-5-6-20-14/h1-4,8-9,14,17H,5-7,10H2/t14-/m1/s1. The van der Waals surface area contributed by atoms with Gasteiger partial charge in [-0.05, 0) is 11.1 Å². The monoisotopic (exact) mass is 289 g/mol. The zero-order valence-electron chi connectivity index (χ0n) is 11.1. The van der Waals surface area contributed by atoms with Crippen molar-refractivity contribution in [1.82, 2.24) is 15.3 Å². The molecule has 0 aliphatic carbocycles. The van der Waals surface area contributed by atoms with Gasteiger partial charge in [0.1, 0.15) is 5.82 Å². The third-order valence-electron chi connectivity index (χ3n) is 3.32. The molecule has 2 heterocycles. The van der Waals surface area contributed by atoms with Gasteiger partial charge in [-0.15, -0.1) is 0 Å². The molecule has 1 aliphatic heterocycles. The van der Waals surface area contributed by atoms with E-state index < -0.39 is 0 Å². The highest BCUT2D eigenvalue weighted by Crippen LogP contribution is 2.19. The van der Waals surface area contributed by atoms with Crippen LogP contribution in [0.1, 0.15) is 23.1 Å². The Morgan fingerprint density at radius 3 is 2.60 bits per heavy atom. The van der Waals surface area contributed by atoms with Crippen LogP contribution in [0, 0.1) is 0 Å². The average Bonchev–Trinajstić information content (AvgIpc) is 2.51. The molecule has 0 bridgehead atoms. The Balaban J connectivity index is 1.67. The predicted octanol–water partition coefficient (Wildman–Crippen LogP) is 2.38. The Labute approximate surface area is 123 Å². The van der Waals surface area contributed by atoms with Gasteiger partial charge >= 0.3 is 0 Å². The van der Waals surface area contributed by atoms with Crippen LogP contribution >= 0.6 is 11.6 Å². The van der Waals surface area contributed by atoms with Crippen LogP contribution in [0.15, 0.2) is 36.7 Å². The maximum absolute atomic E-state index is 5.78. The highest BCUT2D eigenvalue weighted by molar-refractivity contribution is 6.30. The number of ether oxygens (including phenoxy) is 1. The van der Waals surface area contributed by atoms with E-state index in [2.05, 4.69) is 39.6 Å². The quantitative estimate of drug-likeness (QED) is 0.942. The van der Waals surface area contributed by atoms with Crippen LogP contribution in [0.4, 0.5) is 0 Å². The molecule has 1 saturated heterocycles. The molecule has 3 rings (SSSR count). The first-order valence-corrected chi connectivity index (χ1v) is 7.06. The van der Waals surface area contributed by atoms with Gasteiger partial charge in [0.05, 0.1) is 17.7 Å². The third-order valence-corrected chi connectivity index (χ3v) is 3.51. The van der Waals surface area contributed by atoms with Gasteiger partial charge in [-0.3, -0.25) is 0 Å². The summed E-state index contributed by atoms with van der Waals surface area (Å²) in [6.07, 6.45) is 4.12. The fourth-order valence-electron chi connectivity index (χ4n) is 2.24. The molecular formula is C15H16ClN3O. The van der Waals surface area contributed by atoms with Crippen molar-refractivity contribution in [2.24, 2.45) is 0 Å². The number of halogens is 1. The van der Waals surface area contributed by atoms with Crippen molar-refractivity contribution in [3.8, 4) is 0 Å². The lowest BCUT2D eigenvalue weighted by Crippen LogP contribution is -2.33. The molecule has 0 saturated carbocycles. The molecule has 1 N–H and O–H groups in total. The Kier molecular flexibility index (Phi) is 4.25. The van der Waals surface area contributed by atoms with Crippen molar-refractivity contribution in [2.45, 2.75) is 12.5 Å². The number of aromatic nitrogens is 2. The molecule has 0 amide bonds. The van der Waals surface area contributed by atoms with E-state index in [1.54, 1.807) is 12.4 Å². The minimum absolute atomic E-state index is 0.157. The largest absolute Gasteiger partial charge is 0.371 e. The second-order valence-electron chi connectivity index (χ2n) is 4.80. The van der Waals surface area contributed by atoms with Crippen LogP contribution in [0.2, 0.25) is 5.02 Å². The van der Waals surface area contributed by atoms with E-state index in [4.69, 9.17) is 16.3 Å². The fraction of sp³-hybridized carbons (Fsp3) is 0.333. The van der Waals surface area contributed by atoms with Crippen molar-refractivity contribution < 1.29 is 4.74 Å². The number of hydrogen-bond acceptors (Lipinski definition) is 4. The first-order chi connectivity index (χ1) is 9.81. The third kappa shape index (κ3) is 3.33. The second-order valence-corrected chi connectivity index (χ2v) is 5.24. The summed E-state index contributed by atoms with van der Waals surface area (Å²) >= 11 is 5.78. The smallest absolute Gasteiger partial charge is 0.132 e. The first-order valence-electron chi connectivity index (χ1n) is 6.69. The molecular weight excluding hydrogens is 274 g/mol. The van der Waals surface area contributed by atoms with Crippen LogP contribution in [0.3, 0.4) is 0 Å². The lowest BCUT2D eigenvalue weighted by molar-refractivity contribution is 0.0277. The summed E-state index contributed by atoms with van der Waals surface area (Å²) < 4.78 is 5.73. The topological polar surface area (TPSA) is 47.0 Å². The van der Waals surface area contributed by atoms with Gasteiger partial charge in [0.15, 0.2) is 0 Å². The Hall–Kier alpha value is -1.49. The molecule has 0 unspecified atom stereocenters. The second kappa shape index (κ2) is 6.31. The summed E-state index contributed by atoms with van der Waals surface area (Å²) in [5, 5.41) is 3.90. The van der Waals surface area contributed by atoms with Crippen LogP contribution in [-0.2, 0) is 11.2 Å². The fourth-order valence-corrected chi connectivity index (χ4v) is 2.34. The summed E-state index contributed by atoms with van der Waals surface area (Å²) in [6, 6.07) is 8.43. The number of benzene rings is 1. The van der Waals surface area contributed by atoms with Gasteiger partial charge in [0.25, 0.3) is 0 Å². The summed E-state index contributed by atoms with van der Waals surface area (Å²) in [7, 11) is 0. The zero-order valence-corrected chi connectivity index (χ0v) is 11.8. The van der Waals surface area contributed by atoms with Crippen LogP contribution in [0.25, 0.3) is 0 Å². The molecule has 0 spiro atoms. The number of rotatable bonds is 3. The van der Waals surface area contributed by atoms with Gasteiger partial charge in [-0.2, -0.15) is 0 Å². The number of hydrogen-bond donors (Lipinski definition) is 1. The minimum atomic E-state index is 0.157. The molecule has 1 fully saturated rings. The molecule has 2 aromatic rings. The predicted molar refractivity (Wildman–Crippen MR) is 77.9 cm³/mol. The van der Waals surface area contributed by atoms with E-state index in [9.17, 15) is 0 Å². The van der Waals surface area contributed by atoms with Crippen LogP contribution in [-0.4, -0.2) is 29.7 Å². The Morgan fingerprint density at radius 1 is 1.20 bits per heavy atom. The molecule has 1 atom stereocenters. The maximum atomic E-state index is 5.78. The highest BCUT2D eigenvalue weighted by atomic mass is 35.5. The summed E-state index contributed by atoms with van der Waals surface area (Å²) in [6.45, 7) is 2.58. The van der Waals surface area contributed by atoms with Crippen molar-refractivity contribution in [1.29, 1.82) is 0 Å². The van der Waals surface area contributed by atoms with Gasteiger partial charge in [-0.1, -0.05) is 35.9 Å². The van der Waals surface area contributed by atoms with E-state index in [0.29, 0.717) is 11.4 Å². The summed E-state index contributed by atoms with van der Waals surface area (Å²) in [5.74, 6) is 0.776. The Morgan fingerprint density at radius 2 is 1.95 bits per heavy atom. The van der Waals surface area contributed by atoms with Gasteiger partial charge in [-0.25, -0.2) is 9.97 Å². The lowest BCUT2D eigenvalue weighted by Gasteiger charge is -2.24. The molecule has 1 aromatic carbocycles. The van der Waals surface area contributed by atoms with Crippen molar-refractivity contribution in [2.75, 3.05) is 19.7 Å². The minimum Gasteiger partial charge on any atom is -0.371 e. The number of nitrogens with zero attached hydrogens (tertiary/aromatic N) is 2. The molecule has 1 aliphatic rings. The molecule has 1 aromatic heterocycles. The average molecular weight is 290 g/mol. The van der Waals surface area contributed by atoms with Crippen molar-refractivity contribution in [3.05, 3.63) is 58.6 Å². The van der Waals surface area contributed by atoms with E-state index in [1.165, 1.54) is 11.1 Å². The molecule has 20 heavy (non-hydrogen) atoms. The summed E-state index contributed by atoms with van der Waals surface area (Å²) in [5.41, 5.74) is 2.39. The van der Waals surface area contributed by atoms with Gasteiger partial charge in [0, 0.05) is 31.9 Å². The van der Waals surface area contributed by atoms with Gasteiger partial charge < -0.3 is 10.1 Å².